The molecule has 2 aromatic carbocycles. The molecule has 1 saturated carbocycles. The van der Waals surface area contributed by atoms with Gasteiger partial charge in [-0.1, -0.05) is 30.3 Å². The first kappa shape index (κ1) is 20.8. The summed E-state index contributed by atoms with van der Waals surface area (Å²) in [7, 11) is 4.82. The van der Waals surface area contributed by atoms with Gasteiger partial charge in [-0.2, -0.15) is 0 Å². The SMILES string of the molecule is CCNC(=NCC1(Cc2ccccc2)CC1)Nc1cc(OC)c(OC)c(OC)c1. The summed E-state index contributed by atoms with van der Waals surface area (Å²) in [5.74, 6) is 2.53. The molecule has 2 aromatic rings. The van der Waals surface area contributed by atoms with Crippen LogP contribution in [0.4, 0.5) is 5.69 Å². The first-order chi connectivity index (χ1) is 14.1. The molecule has 1 fully saturated rings. The number of hydrogen-bond acceptors (Lipinski definition) is 4. The molecule has 29 heavy (non-hydrogen) atoms. The van der Waals surface area contributed by atoms with Gasteiger partial charge < -0.3 is 24.8 Å². The maximum Gasteiger partial charge on any atom is 0.203 e. The predicted molar refractivity (Wildman–Crippen MR) is 118 cm³/mol. The van der Waals surface area contributed by atoms with Crippen LogP contribution < -0.4 is 24.8 Å². The average molecular weight is 398 g/mol. The van der Waals surface area contributed by atoms with Crippen molar-refractivity contribution in [2.45, 2.75) is 26.2 Å². The zero-order valence-electron chi connectivity index (χ0n) is 17.7. The molecule has 1 aliphatic carbocycles. The van der Waals surface area contributed by atoms with E-state index in [1.165, 1.54) is 18.4 Å². The van der Waals surface area contributed by atoms with Gasteiger partial charge in [-0.15, -0.1) is 0 Å². The van der Waals surface area contributed by atoms with Gasteiger partial charge in [0, 0.05) is 30.9 Å². The molecule has 0 atom stereocenters. The Morgan fingerprint density at radius 3 is 2.17 bits per heavy atom. The molecule has 6 heteroatoms. The number of methoxy groups -OCH3 is 3. The van der Waals surface area contributed by atoms with E-state index in [2.05, 4.69) is 47.9 Å². The van der Waals surface area contributed by atoms with Crippen molar-refractivity contribution in [2.75, 3.05) is 39.7 Å². The number of nitrogens with zero attached hydrogens (tertiary/aromatic N) is 1. The predicted octanol–water partition coefficient (Wildman–Crippen LogP) is 4.11. The molecule has 0 unspecified atom stereocenters. The van der Waals surface area contributed by atoms with E-state index in [4.69, 9.17) is 19.2 Å². The Hall–Kier alpha value is -2.89. The summed E-state index contributed by atoms with van der Waals surface area (Å²) in [5.41, 5.74) is 2.48. The summed E-state index contributed by atoms with van der Waals surface area (Å²) in [6.07, 6.45) is 3.50. The monoisotopic (exact) mass is 397 g/mol. The molecule has 0 saturated heterocycles. The highest BCUT2D eigenvalue weighted by atomic mass is 16.5. The number of ether oxygens (including phenoxy) is 3. The van der Waals surface area contributed by atoms with Crippen molar-refractivity contribution >= 4 is 11.6 Å². The smallest absolute Gasteiger partial charge is 0.203 e. The molecule has 0 amide bonds. The van der Waals surface area contributed by atoms with Crippen molar-refractivity contribution in [3.8, 4) is 17.2 Å². The number of hydrogen-bond donors (Lipinski definition) is 2. The third kappa shape index (κ3) is 5.34. The largest absolute Gasteiger partial charge is 0.493 e. The van der Waals surface area contributed by atoms with Crippen LogP contribution in [0.1, 0.15) is 25.3 Å². The van der Waals surface area contributed by atoms with Gasteiger partial charge in [0.25, 0.3) is 0 Å². The lowest BCUT2D eigenvalue weighted by molar-refractivity contribution is 0.324. The Morgan fingerprint density at radius 1 is 1.00 bits per heavy atom. The van der Waals surface area contributed by atoms with E-state index in [-0.39, 0.29) is 5.41 Å². The van der Waals surface area contributed by atoms with E-state index in [9.17, 15) is 0 Å². The summed E-state index contributed by atoms with van der Waals surface area (Å²) in [5, 5.41) is 6.69. The zero-order valence-corrected chi connectivity index (χ0v) is 17.7. The van der Waals surface area contributed by atoms with Gasteiger partial charge in [0.15, 0.2) is 17.5 Å². The third-order valence-corrected chi connectivity index (χ3v) is 5.22. The highest BCUT2D eigenvalue weighted by Gasteiger charge is 2.42. The summed E-state index contributed by atoms with van der Waals surface area (Å²) >= 11 is 0. The van der Waals surface area contributed by atoms with E-state index in [0.717, 1.165) is 31.2 Å². The van der Waals surface area contributed by atoms with Crippen molar-refractivity contribution in [1.29, 1.82) is 0 Å². The van der Waals surface area contributed by atoms with E-state index in [1.807, 2.05) is 12.1 Å². The summed E-state index contributed by atoms with van der Waals surface area (Å²) in [6, 6.07) is 14.4. The van der Waals surface area contributed by atoms with Crippen LogP contribution in [0.5, 0.6) is 17.2 Å². The third-order valence-electron chi connectivity index (χ3n) is 5.22. The fourth-order valence-electron chi connectivity index (χ4n) is 3.44. The first-order valence-corrected chi connectivity index (χ1v) is 10.0. The molecule has 6 nitrogen and oxygen atoms in total. The quantitative estimate of drug-likeness (QED) is 0.492. The lowest BCUT2D eigenvalue weighted by atomic mass is 9.97. The normalized spacial score (nSPS) is 14.8. The van der Waals surface area contributed by atoms with E-state index in [1.54, 1.807) is 21.3 Å². The second-order valence-corrected chi connectivity index (χ2v) is 7.40. The van der Waals surface area contributed by atoms with E-state index in [0.29, 0.717) is 17.2 Å². The summed E-state index contributed by atoms with van der Waals surface area (Å²) < 4.78 is 16.3. The topological polar surface area (TPSA) is 64.1 Å². The van der Waals surface area contributed by atoms with Crippen molar-refractivity contribution in [3.63, 3.8) is 0 Å². The maximum atomic E-state index is 5.45. The van der Waals surface area contributed by atoms with Gasteiger partial charge in [0.1, 0.15) is 0 Å². The van der Waals surface area contributed by atoms with Gasteiger partial charge in [0.05, 0.1) is 21.3 Å². The second kappa shape index (κ2) is 9.54. The molecule has 0 heterocycles. The minimum absolute atomic E-state index is 0.277. The maximum absolute atomic E-state index is 5.45. The molecule has 0 aliphatic heterocycles. The van der Waals surface area contributed by atoms with Crippen LogP contribution in [-0.2, 0) is 6.42 Å². The molecular formula is C23H31N3O3. The Labute approximate surface area is 173 Å². The molecular weight excluding hydrogens is 366 g/mol. The van der Waals surface area contributed by atoms with E-state index < -0.39 is 0 Å². The van der Waals surface area contributed by atoms with Crippen LogP contribution in [-0.4, -0.2) is 40.4 Å². The van der Waals surface area contributed by atoms with Gasteiger partial charge >= 0.3 is 0 Å². The number of anilines is 1. The fraction of sp³-hybridized carbons (Fsp3) is 0.435. The highest BCUT2D eigenvalue weighted by Crippen LogP contribution is 2.48. The lowest BCUT2D eigenvalue weighted by Gasteiger charge is -2.18. The van der Waals surface area contributed by atoms with Crippen molar-refractivity contribution in [3.05, 3.63) is 48.0 Å². The number of guanidine groups is 1. The average Bonchev–Trinajstić information content (AvgIpc) is 3.51. The van der Waals surface area contributed by atoms with Crippen molar-refractivity contribution in [1.82, 2.24) is 5.32 Å². The number of aliphatic imine (C=N–C) groups is 1. The van der Waals surface area contributed by atoms with Crippen LogP contribution in [0.3, 0.4) is 0 Å². The van der Waals surface area contributed by atoms with E-state index >= 15 is 0 Å². The van der Waals surface area contributed by atoms with Gasteiger partial charge in [-0.25, -0.2) is 0 Å². The summed E-state index contributed by atoms with van der Waals surface area (Å²) in [6.45, 7) is 3.63. The molecule has 2 N–H and O–H groups in total. The molecule has 0 radical (unpaired) electrons. The molecule has 156 valence electrons. The molecule has 0 aromatic heterocycles. The Morgan fingerprint density at radius 2 is 1.66 bits per heavy atom. The van der Waals surface area contributed by atoms with Gasteiger partial charge in [-0.3, -0.25) is 4.99 Å². The van der Waals surface area contributed by atoms with Crippen molar-refractivity contribution < 1.29 is 14.2 Å². The fourth-order valence-corrected chi connectivity index (χ4v) is 3.44. The zero-order chi connectivity index (χ0) is 20.7. The Kier molecular flexibility index (Phi) is 6.86. The number of nitrogens with one attached hydrogen (secondary N) is 2. The van der Waals surface area contributed by atoms with Gasteiger partial charge in [0.2, 0.25) is 5.75 Å². The van der Waals surface area contributed by atoms with Crippen LogP contribution in [0.2, 0.25) is 0 Å². The lowest BCUT2D eigenvalue weighted by Crippen LogP contribution is -2.31. The van der Waals surface area contributed by atoms with Crippen LogP contribution in [0, 0.1) is 5.41 Å². The molecule has 3 rings (SSSR count). The van der Waals surface area contributed by atoms with Gasteiger partial charge in [-0.05, 0) is 37.2 Å². The van der Waals surface area contributed by atoms with Crippen molar-refractivity contribution in [2.24, 2.45) is 10.4 Å². The molecule has 0 spiro atoms. The van der Waals surface area contributed by atoms with Crippen LogP contribution in [0.25, 0.3) is 0 Å². The Balaban J connectivity index is 1.75. The second-order valence-electron chi connectivity index (χ2n) is 7.40. The Bertz CT molecular complexity index is 808. The molecule has 1 aliphatic rings. The number of benzene rings is 2. The standard InChI is InChI=1S/C23H31N3O3/c1-5-24-22(25-16-23(11-12-23)15-17-9-7-6-8-10-17)26-18-13-19(27-2)21(29-4)20(14-18)28-3/h6-10,13-14H,5,11-12,15-16H2,1-4H3,(H2,24,25,26). The molecule has 0 bridgehead atoms. The first-order valence-electron chi connectivity index (χ1n) is 10.0. The van der Waals surface area contributed by atoms with Crippen LogP contribution in [0.15, 0.2) is 47.5 Å². The minimum Gasteiger partial charge on any atom is -0.493 e. The summed E-state index contributed by atoms with van der Waals surface area (Å²) in [4.78, 5) is 4.87. The van der Waals surface area contributed by atoms with Crippen LogP contribution >= 0.6 is 0 Å². The highest BCUT2D eigenvalue weighted by molar-refractivity contribution is 5.94. The minimum atomic E-state index is 0.277. The number of rotatable bonds is 9.